The standard InChI is InChI=1S/C28H32N2O4/c1-2-16-29(28(32)24-14-12-23(13-15-24)22-8-4-3-5-9-22)21-27(31)30(19-25-10-6-17-33-25)20-26-11-7-18-34-26/h3-6,8-10,12-15,17,26H,2,7,11,16,18-21H2,1H3. The van der Waals surface area contributed by atoms with Gasteiger partial charge in [0.05, 0.1) is 18.9 Å². The predicted molar refractivity (Wildman–Crippen MR) is 131 cm³/mol. The summed E-state index contributed by atoms with van der Waals surface area (Å²) in [4.78, 5) is 30.1. The first-order valence-electron chi connectivity index (χ1n) is 12.0. The number of carbonyl (C=O) groups is 2. The van der Waals surface area contributed by atoms with E-state index in [0.717, 1.165) is 42.8 Å². The first-order chi connectivity index (χ1) is 16.6. The first kappa shape index (κ1) is 23.8. The molecule has 1 aliphatic heterocycles. The van der Waals surface area contributed by atoms with E-state index in [9.17, 15) is 9.59 Å². The van der Waals surface area contributed by atoms with Crippen molar-refractivity contribution in [3.05, 3.63) is 84.3 Å². The average Bonchev–Trinajstić information content (AvgIpc) is 3.58. The highest BCUT2D eigenvalue weighted by Crippen LogP contribution is 2.20. The largest absolute Gasteiger partial charge is 0.467 e. The first-order valence-corrected chi connectivity index (χ1v) is 12.0. The quantitative estimate of drug-likeness (QED) is 0.427. The Labute approximate surface area is 201 Å². The lowest BCUT2D eigenvalue weighted by Crippen LogP contribution is -2.45. The minimum Gasteiger partial charge on any atom is -0.467 e. The van der Waals surface area contributed by atoms with Crippen molar-refractivity contribution in [1.82, 2.24) is 9.80 Å². The van der Waals surface area contributed by atoms with E-state index in [1.165, 1.54) is 0 Å². The second-order valence-electron chi connectivity index (χ2n) is 8.66. The highest BCUT2D eigenvalue weighted by atomic mass is 16.5. The minimum absolute atomic E-state index is 0.0276. The molecule has 0 N–H and O–H groups in total. The van der Waals surface area contributed by atoms with Crippen LogP contribution in [0, 0.1) is 0 Å². The molecule has 2 heterocycles. The van der Waals surface area contributed by atoms with Crippen LogP contribution < -0.4 is 0 Å². The van der Waals surface area contributed by atoms with Crippen LogP contribution in [-0.2, 0) is 16.1 Å². The summed E-state index contributed by atoms with van der Waals surface area (Å²) >= 11 is 0. The van der Waals surface area contributed by atoms with E-state index >= 15 is 0 Å². The van der Waals surface area contributed by atoms with Crippen LogP contribution in [0.25, 0.3) is 11.1 Å². The van der Waals surface area contributed by atoms with Gasteiger partial charge in [-0.3, -0.25) is 9.59 Å². The van der Waals surface area contributed by atoms with E-state index < -0.39 is 0 Å². The van der Waals surface area contributed by atoms with Crippen LogP contribution in [0.4, 0.5) is 0 Å². The van der Waals surface area contributed by atoms with Gasteiger partial charge in [-0.25, -0.2) is 0 Å². The molecule has 4 rings (SSSR count). The molecular weight excluding hydrogens is 428 g/mol. The van der Waals surface area contributed by atoms with Gasteiger partial charge in [-0.1, -0.05) is 49.4 Å². The fourth-order valence-corrected chi connectivity index (χ4v) is 4.28. The summed E-state index contributed by atoms with van der Waals surface area (Å²) in [7, 11) is 0. The molecule has 0 saturated carbocycles. The summed E-state index contributed by atoms with van der Waals surface area (Å²) in [6.45, 7) is 4.15. The molecule has 1 aromatic heterocycles. The van der Waals surface area contributed by atoms with Crippen LogP contribution >= 0.6 is 0 Å². The number of furan rings is 1. The molecule has 6 nitrogen and oxygen atoms in total. The normalized spacial score (nSPS) is 15.3. The minimum atomic E-state index is -0.134. The second kappa shape index (κ2) is 11.7. The Morgan fingerprint density at radius 2 is 1.71 bits per heavy atom. The van der Waals surface area contributed by atoms with Gasteiger partial charge in [0.2, 0.25) is 5.91 Å². The van der Waals surface area contributed by atoms with E-state index in [2.05, 4.69) is 0 Å². The van der Waals surface area contributed by atoms with Crippen LogP contribution in [0.15, 0.2) is 77.4 Å². The maximum atomic E-state index is 13.4. The molecular formula is C28H32N2O4. The lowest BCUT2D eigenvalue weighted by atomic mass is 10.0. The highest BCUT2D eigenvalue weighted by molar-refractivity contribution is 5.97. The van der Waals surface area contributed by atoms with Gasteiger partial charge in [0.1, 0.15) is 12.3 Å². The molecule has 0 bridgehead atoms. The van der Waals surface area contributed by atoms with Gasteiger partial charge in [0, 0.05) is 25.3 Å². The van der Waals surface area contributed by atoms with Gasteiger partial charge in [0.15, 0.2) is 0 Å². The molecule has 6 heteroatoms. The average molecular weight is 461 g/mol. The molecule has 0 radical (unpaired) electrons. The fourth-order valence-electron chi connectivity index (χ4n) is 4.28. The van der Waals surface area contributed by atoms with E-state index in [1.54, 1.807) is 16.1 Å². The van der Waals surface area contributed by atoms with E-state index in [-0.39, 0.29) is 24.5 Å². The summed E-state index contributed by atoms with van der Waals surface area (Å²) in [6.07, 6.45) is 4.35. The third kappa shape index (κ3) is 6.14. The Morgan fingerprint density at radius 1 is 0.941 bits per heavy atom. The molecule has 1 aliphatic rings. The SMILES string of the molecule is CCCN(CC(=O)N(Cc1ccco1)CC1CCCO1)C(=O)c1ccc(-c2ccccc2)cc1. The zero-order valence-electron chi connectivity index (χ0n) is 19.7. The van der Waals surface area contributed by atoms with Gasteiger partial charge in [-0.15, -0.1) is 0 Å². The second-order valence-corrected chi connectivity index (χ2v) is 8.66. The van der Waals surface area contributed by atoms with Gasteiger partial charge >= 0.3 is 0 Å². The molecule has 2 amide bonds. The summed E-state index contributed by atoms with van der Waals surface area (Å²) < 4.78 is 11.2. The topological polar surface area (TPSA) is 63.0 Å². The lowest BCUT2D eigenvalue weighted by molar-refractivity contribution is -0.134. The van der Waals surface area contributed by atoms with E-state index in [4.69, 9.17) is 9.15 Å². The third-order valence-electron chi connectivity index (χ3n) is 6.07. The molecule has 178 valence electrons. The molecule has 2 aromatic carbocycles. The van der Waals surface area contributed by atoms with Crippen LogP contribution in [-0.4, -0.2) is 54.0 Å². The van der Waals surface area contributed by atoms with Gasteiger partial charge in [-0.05, 0) is 54.7 Å². The van der Waals surface area contributed by atoms with Crippen molar-refractivity contribution in [1.29, 1.82) is 0 Å². The number of benzene rings is 2. The van der Waals surface area contributed by atoms with Crippen LogP contribution in [0.2, 0.25) is 0 Å². The van der Waals surface area contributed by atoms with Crippen molar-refractivity contribution in [2.75, 3.05) is 26.2 Å². The molecule has 1 fully saturated rings. The van der Waals surface area contributed by atoms with E-state index in [0.29, 0.717) is 25.2 Å². The molecule has 34 heavy (non-hydrogen) atoms. The zero-order chi connectivity index (χ0) is 23.8. The highest BCUT2D eigenvalue weighted by Gasteiger charge is 2.26. The van der Waals surface area contributed by atoms with Gasteiger partial charge in [-0.2, -0.15) is 0 Å². The molecule has 1 saturated heterocycles. The Morgan fingerprint density at radius 3 is 2.35 bits per heavy atom. The smallest absolute Gasteiger partial charge is 0.254 e. The Kier molecular flexibility index (Phi) is 8.15. The fraction of sp³-hybridized carbons (Fsp3) is 0.357. The predicted octanol–water partition coefficient (Wildman–Crippen LogP) is 5.01. The summed E-state index contributed by atoms with van der Waals surface area (Å²) in [5.41, 5.74) is 2.74. The van der Waals surface area contributed by atoms with Crippen molar-refractivity contribution in [3.63, 3.8) is 0 Å². The number of nitrogens with zero attached hydrogens (tertiary/aromatic N) is 2. The maximum absolute atomic E-state index is 13.4. The Balaban J connectivity index is 1.46. The zero-order valence-corrected chi connectivity index (χ0v) is 19.7. The number of amides is 2. The molecule has 1 unspecified atom stereocenters. The van der Waals surface area contributed by atoms with Gasteiger partial charge < -0.3 is 19.0 Å². The van der Waals surface area contributed by atoms with Gasteiger partial charge in [0.25, 0.3) is 5.91 Å². The van der Waals surface area contributed by atoms with Crippen LogP contribution in [0.5, 0.6) is 0 Å². The van der Waals surface area contributed by atoms with E-state index in [1.807, 2.05) is 73.7 Å². The number of ether oxygens (including phenoxy) is 1. The number of hydrogen-bond donors (Lipinski definition) is 0. The molecule has 0 spiro atoms. The third-order valence-corrected chi connectivity index (χ3v) is 6.07. The number of hydrogen-bond acceptors (Lipinski definition) is 4. The van der Waals surface area contributed by atoms with Crippen molar-refractivity contribution in [2.24, 2.45) is 0 Å². The van der Waals surface area contributed by atoms with Crippen LogP contribution in [0.3, 0.4) is 0 Å². The van der Waals surface area contributed by atoms with Crippen LogP contribution in [0.1, 0.15) is 42.3 Å². The molecule has 0 aliphatic carbocycles. The van der Waals surface area contributed by atoms with Crippen molar-refractivity contribution < 1.29 is 18.7 Å². The number of carbonyl (C=O) groups excluding carboxylic acids is 2. The van der Waals surface area contributed by atoms with Crippen molar-refractivity contribution in [2.45, 2.75) is 38.8 Å². The monoisotopic (exact) mass is 460 g/mol. The maximum Gasteiger partial charge on any atom is 0.254 e. The lowest BCUT2D eigenvalue weighted by Gasteiger charge is -2.28. The summed E-state index contributed by atoms with van der Waals surface area (Å²) in [6, 6.07) is 21.3. The van der Waals surface area contributed by atoms with Crippen molar-refractivity contribution >= 4 is 11.8 Å². The van der Waals surface area contributed by atoms with Crippen molar-refractivity contribution in [3.8, 4) is 11.1 Å². The summed E-state index contributed by atoms with van der Waals surface area (Å²) in [5, 5.41) is 0. The molecule has 3 aromatic rings. The number of rotatable bonds is 10. The molecule has 1 atom stereocenters. The Hall–Kier alpha value is -3.38. The Bertz CT molecular complexity index is 1040. The summed E-state index contributed by atoms with van der Waals surface area (Å²) in [5.74, 6) is 0.482.